The Hall–Kier alpha value is -1.81. The average Bonchev–Trinajstić information content (AvgIpc) is 3.14. The first-order valence-electron chi connectivity index (χ1n) is 20.9. The van der Waals surface area contributed by atoms with Gasteiger partial charge in [-0.05, 0) is 70.6 Å². The Bertz CT molecular complexity index is 983. The van der Waals surface area contributed by atoms with E-state index in [1.54, 1.807) is 0 Å². The SMILES string of the molecule is CCCCC/C=C\C/C=C\CCCCCCCC(=O)OC[C@H](COP(=O)(O)OC[C@@H](O)CO)OC(=O)CCCCCCCCC/C=C\CCCCCC. The number of allylic oxidation sites excluding steroid dienone is 6. The van der Waals surface area contributed by atoms with Crippen LogP contribution in [0.2, 0.25) is 0 Å². The van der Waals surface area contributed by atoms with Crippen LogP contribution in [0.4, 0.5) is 0 Å². The van der Waals surface area contributed by atoms with E-state index < -0.39 is 51.8 Å². The monoisotopic (exact) mass is 773 g/mol. The van der Waals surface area contributed by atoms with Gasteiger partial charge in [-0.1, -0.05) is 134 Å². The molecule has 0 saturated heterocycles. The summed E-state index contributed by atoms with van der Waals surface area (Å²) >= 11 is 0. The average molecular weight is 773 g/mol. The molecule has 53 heavy (non-hydrogen) atoms. The van der Waals surface area contributed by atoms with Crippen LogP contribution in [-0.4, -0.2) is 65.7 Å². The van der Waals surface area contributed by atoms with Gasteiger partial charge < -0.3 is 24.6 Å². The number of phosphoric acid groups is 1. The van der Waals surface area contributed by atoms with Crippen molar-refractivity contribution in [3.05, 3.63) is 36.5 Å². The highest BCUT2D eigenvalue weighted by Crippen LogP contribution is 2.43. The number of carbonyl (C=O) groups excluding carboxylic acids is 2. The van der Waals surface area contributed by atoms with Gasteiger partial charge in [-0.2, -0.15) is 0 Å². The van der Waals surface area contributed by atoms with Crippen molar-refractivity contribution < 1.29 is 47.8 Å². The molecule has 10 nitrogen and oxygen atoms in total. The molecule has 3 atom stereocenters. The number of esters is 2. The molecule has 0 rings (SSSR count). The molecule has 1 unspecified atom stereocenters. The number of rotatable bonds is 39. The van der Waals surface area contributed by atoms with Crippen molar-refractivity contribution in [2.45, 2.75) is 193 Å². The predicted molar refractivity (Wildman–Crippen MR) is 214 cm³/mol. The third-order valence-corrected chi connectivity index (χ3v) is 9.72. The van der Waals surface area contributed by atoms with Crippen molar-refractivity contribution >= 4 is 19.8 Å². The maximum absolute atomic E-state index is 12.6. The fraction of sp³-hybridized carbons (Fsp3) is 0.810. The molecular weight excluding hydrogens is 695 g/mol. The lowest BCUT2D eigenvalue weighted by molar-refractivity contribution is -0.161. The summed E-state index contributed by atoms with van der Waals surface area (Å²) < 4.78 is 32.7. The van der Waals surface area contributed by atoms with Crippen LogP contribution in [0.15, 0.2) is 36.5 Å². The minimum absolute atomic E-state index is 0.176. The highest BCUT2D eigenvalue weighted by atomic mass is 31.2. The van der Waals surface area contributed by atoms with E-state index in [1.165, 1.54) is 70.6 Å². The van der Waals surface area contributed by atoms with Crippen LogP contribution in [0.25, 0.3) is 0 Å². The van der Waals surface area contributed by atoms with Gasteiger partial charge in [0.2, 0.25) is 0 Å². The first-order valence-corrected chi connectivity index (χ1v) is 22.4. The lowest BCUT2D eigenvalue weighted by Gasteiger charge is -2.20. The van der Waals surface area contributed by atoms with Crippen molar-refractivity contribution in [1.82, 2.24) is 0 Å². The number of phosphoric ester groups is 1. The summed E-state index contributed by atoms with van der Waals surface area (Å²) in [6.45, 7) is 2.32. The maximum Gasteiger partial charge on any atom is 0.472 e. The summed E-state index contributed by atoms with van der Waals surface area (Å²) in [6.07, 6.45) is 38.2. The number of aliphatic hydroxyl groups is 2. The first kappa shape index (κ1) is 51.2. The second-order valence-electron chi connectivity index (χ2n) is 14.0. The molecule has 0 fully saturated rings. The smallest absolute Gasteiger partial charge is 0.462 e. The molecule has 0 aromatic rings. The summed E-state index contributed by atoms with van der Waals surface area (Å²) in [5, 5.41) is 18.3. The number of ether oxygens (including phenoxy) is 2. The Balaban J connectivity index is 4.35. The van der Waals surface area contributed by atoms with Crippen molar-refractivity contribution in [1.29, 1.82) is 0 Å². The van der Waals surface area contributed by atoms with E-state index >= 15 is 0 Å². The first-order chi connectivity index (χ1) is 25.7. The number of hydrogen-bond donors (Lipinski definition) is 3. The zero-order valence-electron chi connectivity index (χ0n) is 33.5. The Kier molecular flexibility index (Phi) is 37.2. The molecule has 310 valence electrons. The van der Waals surface area contributed by atoms with Gasteiger partial charge in [0.15, 0.2) is 6.10 Å². The molecule has 0 heterocycles. The molecule has 0 aromatic heterocycles. The number of aliphatic hydroxyl groups excluding tert-OH is 2. The van der Waals surface area contributed by atoms with E-state index in [1.807, 2.05) is 0 Å². The molecule has 11 heteroatoms. The quantitative estimate of drug-likeness (QED) is 0.0238. The summed E-state index contributed by atoms with van der Waals surface area (Å²) in [6, 6.07) is 0. The van der Waals surface area contributed by atoms with Crippen LogP contribution >= 0.6 is 7.82 Å². The van der Waals surface area contributed by atoms with Gasteiger partial charge in [0.05, 0.1) is 19.8 Å². The number of carbonyl (C=O) groups is 2. The molecule has 0 spiro atoms. The molecule has 0 aliphatic carbocycles. The van der Waals surface area contributed by atoms with Crippen LogP contribution in [0.1, 0.15) is 181 Å². The van der Waals surface area contributed by atoms with E-state index in [9.17, 15) is 24.2 Å². The molecular formula is C42H77O10P. The van der Waals surface area contributed by atoms with Gasteiger partial charge in [-0.15, -0.1) is 0 Å². The molecule has 0 aromatic carbocycles. The van der Waals surface area contributed by atoms with Gasteiger partial charge in [0, 0.05) is 12.8 Å². The van der Waals surface area contributed by atoms with E-state index in [0.717, 1.165) is 70.6 Å². The van der Waals surface area contributed by atoms with E-state index in [4.69, 9.17) is 19.1 Å². The second kappa shape index (κ2) is 38.5. The standard InChI is InChI=1S/C42H77O10P/c1-3-5-7-9-11-13-15-17-19-21-23-25-27-29-31-33-41(45)49-37-40(38-51-53(47,48)50-36-39(44)35-43)52-42(46)34-32-30-28-26-24-22-20-18-16-14-12-10-8-6-4-2/h11,13-14,16-17,19,39-40,43-44H,3-10,12,15,18,20-38H2,1-2H3,(H,47,48)/b13-11-,16-14-,19-17-/t39-,40+/m0/s1. The molecule has 0 radical (unpaired) electrons. The van der Waals surface area contributed by atoms with Crippen LogP contribution in [0, 0.1) is 0 Å². The zero-order valence-corrected chi connectivity index (χ0v) is 34.4. The van der Waals surface area contributed by atoms with Crippen molar-refractivity contribution in [3.63, 3.8) is 0 Å². The minimum Gasteiger partial charge on any atom is -0.462 e. The summed E-state index contributed by atoms with van der Waals surface area (Å²) in [5.41, 5.74) is 0. The van der Waals surface area contributed by atoms with Crippen LogP contribution in [0.5, 0.6) is 0 Å². The summed E-state index contributed by atoms with van der Waals surface area (Å²) in [5.74, 6) is -0.945. The van der Waals surface area contributed by atoms with Gasteiger partial charge in [0.1, 0.15) is 12.7 Å². The highest BCUT2D eigenvalue weighted by molar-refractivity contribution is 7.47. The molecule has 0 aliphatic rings. The molecule has 3 N–H and O–H groups in total. The van der Waals surface area contributed by atoms with Crippen LogP contribution in [-0.2, 0) is 32.7 Å². The second-order valence-corrected chi connectivity index (χ2v) is 15.5. The fourth-order valence-corrected chi connectivity index (χ4v) is 6.28. The van der Waals surface area contributed by atoms with Gasteiger partial charge >= 0.3 is 19.8 Å². The van der Waals surface area contributed by atoms with Crippen LogP contribution in [0.3, 0.4) is 0 Å². The topological polar surface area (TPSA) is 149 Å². The van der Waals surface area contributed by atoms with Crippen molar-refractivity contribution in [3.8, 4) is 0 Å². The molecule has 0 aliphatic heterocycles. The number of hydrogen-bond acceptors (Lipinski definition) is 9. The van der Waals surface area contributed by atoms with Gasteiger partial charge in [-0.3, -0.25) is 18.6 Å². The Morgan fingerprint density at radius 2 is 0.981 bits per heavy atom. The Morgan fingerprint density at radius 3 is 1.51 bits per heavy atom. The number of unbranched alkanes of at least 4 members (excludes halogenated alkanes) is 19. The van der Waals surface area contributed by atoms with Gasteiger partial charge in [0.25, 0.3) is 0 Å². The lowest BCUT2D eigenvalue weighted by Crippen LogP contribution is -2.29. The van der Waals surface area contributed by atoms with Crippen LogP contribution < -0.4 is 0 Å². The predicted octanol–water partition coefficient (Wildman–Crippen LogP) is 10.8. The summed E-state index contributed by atoms with van der Waals surface area (Å²) in [7, 11) is -4.62. The molecule has 0 amide bonds. The highest BCUT2D eigenvalue weighted by Gasteiger charge is 2.27. The normalized spacial score (nSPS) is 14.3. The third-order valence-electron chi connectivity index (χ3n) is 8.77. The Morgan fingerprint density at radius 1 is 0.566 bits per heavy atom. The minimum atomic E-state index is -4.62. The van der Waals surface area contributed by atoms with Gasteiger partial charge in [-0.25, -0.2) is 4.57 Å². The lowest BCUT2D eigenvalue weighted by atomic mass is 10.1. The summed E-state index contributed by atoms with van der Waals surface area (Å²) in [4.78, 5) is 34.9. The largest absolute Gasteiger partial charge is 0.472 e. The molecule has 0 bridgehead atoms. The maximum atomic E-state index is 12.6. The molecule has 0 saturated carbocycles. The fourth-order valence-electron chi connectivity index (χ4n) is 5.49. The Labute approximate surface area is 322 Å². The van der Waals surface area contributed by atoms with Crippen molar-refractivity contribution in [2.24, 2.45) is 0 Å². The van der Waals surface area contributed by atoms with Crippen molar-refractivity contribution in [2.75, 3.05) is 26.4 Å². The van der Waals surface area contributed by atoms with E-state index in [0.29, 0.717) is 12.8 Å². The third kappa shape index (κ3) is 38.3. The van der Waals surface area contributed by atoms with E-state index in [2.05, 4.69) is 54.8 Å². The zero-order chi connectivity index (χ0) is 39.1. The van der Waals surface area contributed by atoms with E-state index in [-0.39, 0.29) is 19.4 Å².